The number of ether oxygens (including phenoxy) is 1. The van der Waals surface area contributed by atoms with Crippen LogP contribution in [0, 0.1) is 11.8 Å². The third kappa shape index (κ3) is 4.00. The highest BCUT2D eigenvalue weighted by molar-refractivity contribution is 5.85. The number of amides is 1. The maximum Gasteiger partial charge on any atom is 0.330 e. The highest BCUT2D eigenvalue weighted by Gasteiger charge is 2.28. The Morgan fingerprint density at radius 3 is 2.41 bits per heavy atom. The first-order valence-electron chi connectivity index (χ1n) is 6.07. The minimum absolute atomic E-state index is 0.0371. The lowest BCUT2D eigenvalue weighted by Crippen LogP contribution is -2.46. The number of nitrogens with one attached hydrogen (secondary N) is 1. The lowest BCUT2D eigenvalue weighted by molar-refractivity contribution is -0.146. The first kappa shape index (κ1) is 14.0. The summed E-state index contributed by atoms with van der Waals surface area (Å²) in [5.41, 5.74) is 0. The number of hydrogen-bond donors (Lipinski definition) is 2. The van der Waals surface area contributed by atoms with Crippen LogP contribution in [0.1, 0.15) is 32.6 Å². The lowest BCUT2D eigenvalue weighted by atomic mass is 9.82. The molecule has 1 amide bonds. The normalized spacial score (nSPS) is 26.1. The fourth-order valence-electron chi connectivity index (χ4n) is 2.13. The average Bonchev–Trinajstić information content (AvgIpc) is 2.35. The van der Waals surface area contributed by atoms with Crippen LogP contribution in [0.2, 0.25) is 0 Å². The molecule has 0 aromatic carbocycles. The molecular formula is C12H21NO4. The van der Waals surface area contributed by atoms with Gasteiger partial charge in [-0.25, -0.2) is 4.79 Å². The topological polar surface area (TPSA) is 75.6 Å². The second kappa shape index (κ2) is 6.59. The molecule has 0 heterocycles. The molecule has 1 unspecified atom stereocenters. The van der Waals surface area contributed by atoms with Crippen LogP contribution in [0.3, 0.4) is 0 Å². The van der Waals surface area contributed by atoms with E-state index in [1.54, 1.807) is 0 Å². The van der Waals surface area contributed by atoms with Crippen molar-refractivity contribution in [2.45, 2.75) is 38.6 Å². The number of hydrogen-bond acceptors (Lipinski definition) is 4. The fourth-order valence-corrected chi connectivity index (χ4v) is 2.13. The number of aliphatic hydroxyl groups excluding tert-OH is 1. The SMILES string of the molecule is COC(=O)C(CO)NC(=O)C1CCC(C)CC1. The van der Waals surface area contributed by atoms with Gasteiger partial charge in [0.1, 0.15) is 0 Å². The monoisotopic (exact) mass is 243 g/mol. The summed E-state index contributed by atoms with van der Waals surface area (Å²) in [5.74, 6) is -0.121. The van der Waals surface area contributed by atoms with Crippen LogP contribution in [-0.4, -0.2) is 36.7 Å². The van der Waals surface area contributed by atoms with Crippen molar-refractivity contribution >= 4 is 11.9 Å². The van der Waals surface area contributed by atoms with E-state index in [4.69, 9.17) is 5.11 Å². The summed E-state index contributed by atoms with van der Waals surface area (Å²) in [6.07, 6.45) is 3.79. The van der Waals surface area contributed by atoms with Crippen LogP contribution in [-0.2, 0) is 14.3 Å². The maximum absolute atomic E-state index is 11.9. The fraction of sp³-hybridized carbons (Fsp3) is 0.833. The Kier molecular flexibility index (Phi) is 5.41. The summed E-state index contributed by atoms with van der Waals surface area (Å²) < 4.78 is 4.49. The summed E-state index contributed by atoms with van der Waals surface area (Å²) in [5, 5.41) is 11.5. The Bertz CT molecular complexity index is 272. The molecule has 1 atom stereocenters. The second-order valence-electron chi connectivity index (χ2n) is 4.72. The van der Waals surface area contributed by atoms with Crippen LogP contribution in [0.15, 0.2) is 0 Å². The molecule has 2 N–H and O–H groups in total. The van der Waals surface area contributed by atoms with Crippen LogP contribution < -0.4 is 5.32 Å². The van der Waals surface area contributed by atoms with Crippen molar-refractivity contribution in [1.29, 1.82) is 0 Å². The van der Waals surface area contributed by atoms with E-state index in [9.17, 15) is 9.59 Å². The zero-order chi connectivity index (χ0) is 12.8. The number of esters is 1. The first-order valence-corrected chi connectivity index (χ1v) is 6.07. The summed E-state index contributed by atoms with van der Waals surface area (Å²) in [7, 11) is 1.24. The van der Waals surface area contributed by atoms with Gasteiger partial charge in [-0.3, -0.25) is 4.79 Å². The van der Waals surface area contributed by atoms with E-state index in [0.717, 1.165) is 25.7 Å². The highest BCUT2D eigenvalue weighted by atomic mass is 16.5. The van der Waals surface area contributed by atoms with E-state index < -0.39 is 18.6 Å². The molecule has 1 fully saturated rings. The number of aliphatic hydroxyl groups is 1. The Morgan fingerprint density at radius 2 is 1.94 bits per heavy atom. The Balaban J connectivity index is 2.44. The van der Waals surface area contributed by atoms with E-state index >= 15 is 0 Å². The molecule has 0 saturated heterocycles. The van der Waals surface area contributed by atoms with Gasteiger partial charge < -0.3 is 15.2 Å². The molecule has 17 heavy (non-hydrogen) atoms. The quantitative estimate of drug-likeness (QED) is 0.703. The second-order valence-corrected chi connectivity index (χ2v) is 4.72. The predicted octanol–water partition coefficient (Wildman–Crippen LogP) is 0.463. The van der Waals surface area contributed by atoms with E-state index in [-0.39, 0.29) is 11.8 Å². The van der Waals surface area contributed by atoms with Gasteiger partial charge in [0.2, 0.25) is 5.91 Å². The van der Waals surface area contributed by atoms with Crippen molar-refractivity contribution in [3.8, 4) is 0 Å². The van der Waals surface area contributed by atoms with Crippen molar-refractivity contribution in [2.24, 2.45) is 11.8 Å². The Labute approximate surface area is 102 Å². The summed E-state index contributed by atoms with van der Waals surface area (Å²) in [6.45, 7) is 1.75. The van der Waals surface area contributed by atoms with Crippen molar-refractivity contribution in [1.82, 2.24) is 5.32 Å². The van der Waals surface area contributed by atoms with Crippen LogP contribution >= 0.6 is 0 Å². The predicted molar refractivity (Wildman–Crippen MR) is 62.2 cm³/mol. The third-order valence-electron chi connectivity index (χ3n) is 3.37. The van der Waals surface area contributed by atoms with Gasteiger partial charge in [-0.1, -0.05) is 6.92 Å². The molecule has 1 aliphatic carbocycles. The minimum atomic E-state index is -0.938. The molecule has 0 aromatic heterocycles. The summed E-state index contributed by atoms with van der Waals surface area (Å²) in [6, 6.07) is -0.938. The molecule has 0 radical (unpaired) electrons. The molecule has 1 aliphatic rings. The van der Waals surface area contributed by atoms with Gasteiger partial charge in [0.05, 0.1) is 13.7 Å². The van der Waals surface area contributed by atoms with Gasteiger partial charge in [-0.15, -0.1) is 0 Å². The smallest absolute Gasteiger partial charge is 0.330 e. The number of carbonyl (C=O) groups excluding carboxylic acids is 2. The zero-order valence-corrected chi connectivity index (χ0v) is 10.4. The van der Waals surface area contributed by atoms with E-state index in [1.165, 1.54) is 7.11 Å². The standard InChI is InChI=1S/C12H21NO4/c1-8-3-5-9(6-4-8)11(15)13-10(7-14)12(16)17-2/h8-10,14H,3-7H2,1-2H3,(H,13,15). The molecule has 0 bridgehead atoms. The van der Waals surface area contributed by atoms with E-state index in [1.807, 2.05) is 0 Å². The summed E-state index contributed by atoms with van der Waals surface area (Å²) in [4.78, 5) is 23.1. The van der Waals surface area contributed by atoms with Gasteiger partial charge >= 0.3 is 5.97 Å². The van der Waals surface area contributed by atoms with Crippen LogP contribution in [0.4, 0.5) is 0 Å². The van der Waals surface area contributed by atoms with Crippen molar-refractivity contribution < 1.29 is 19.4 Å². The number of carbonyl (C=O) groups is 2. The van der Waals surface area contributed by atoms with E-state index in [2.05, 4.69) is 17.0 Å². The minimum Gasteiger partial charge on any atom is -0.467 e. The molecule has 5 heteroatoms. The molecule has 0 spiro atoms. The molecule has 1 rings (SSSR count). The average molecular weight is 243 g/mol. The molecule has 0 aliphatic heterocycles. The molecule has 0 aromatic rings. The third-order valence-corrected chi connectivity index (χ3v) is 3.37. The molecular weight excluding hydrogens is 222 g/mol. The van der Waals surface area contributed by atoms with Crippen LogP contribution in [0.5, 0.6) is 0 Å². The van der Waals surface area contributed by atoms with Crippen molar-refractivity contribution in [3.05, 3.63) is 0 Å². The molecule has 5 nitrogen and oxygen atoms in total. The first-order chi connectivity index (χ1) is 8.08. The van der Waals surface area contributed by atoms with Crippen molar-refractivity contribution in [3.63, 3.8) is 0 Å². The van der Waals surface area contributed by atoms with Gasteiger partial charge in [0.25, 0.3) is 0 Å². The van der Waals surface area contributed by atoms with E-state index in [0.29, 0.717) is 5.92 Å². The number of methoxy groups -OCH3 is 1. The maximum atomic E-state index is 11.9. The molecule has 1 saturated carbocycles. The highest BCUT2D eigenvalue weighted by Crippen LogP contribution is 2.28. The summed E-state index contributed by atoms with van der Waals surface area (Å²) >= 11 is 0. The Morgan fingerprint density at radius 1 is 1.35 bits per heavy atom. The zero-order valence-electron chi connectivity index (χ0n) is 10.4. The lowest BCUT2D eigenvalue weighted by Gasteiger charge is -2.26. The van der Waals surface area contributed by atoms with Gasteiger partial charge in [0.15, 0.2) is 6.04 Å². The van der Waals surface area contributed by atoms with Crippen LogP contribution in [0.25, 0.3) is 0 Å². The number of rotatable bonds is 4. The largest absolute Gasteiger partial charge is 0.467 e. The van der Waals surface area contributed by atoms with Gasteiger partial charge in [-0.2, -0.15) is 0 Å². The van der Waals surface area contributed by atoms with Crippen molar-refractivity contribution in [2.75, 3.05) is 13.7 Å². The van der Waals surface area contributed by atoms with Gasteiger partial charge in [-0.05, 0) is 31.6 Å². The molecule has 98 valence electrons. The van der Waals surface area contributed by atoms with Gasteiger partial charge in [0, 0.05) is 5.92 Å². The Hall–Kier alpha value is -1.10.